The molecule has 0 saturated heterocycles. The van der Waals surface area contributed by atoms with Gasteiger partial charge in [-0.25, -0.2) is 4.79 Å². The minimum atomic E-state index is -0.407. The Kier molecular flexibility index (Phi) is 8.68. The summed E-state index contributed by atoms with van der Waals surface area (Å²) in [5, 5.41) is 0. The molecule has 0 unspecified atom stereocenters. The van der Waals surface area contributed by atoms with E-state index in [9.17, 15) is 4.79 Å². The molecule has 0 rings (SSSR count). The zero-order valence-electron chi connectivity index (χ0n) is 5.90. The number of nitrogens with two attached hydrogens (primary N) is 1. The third kappa shape index (κ3) is 16.0. The molecule has 0 saturated carbocycles. The van der Waals surface area contributed by atoms with Gasteiger partial charge in [-0.1, -0.05) is 0 Å². The van der Waals surface area contributed by atoms with Crippen molar-refractivity contribution in [1.82, 2.24) is 4.90 Å². The zero-order valence-corrected chi connectivity index (χ0v) is 5.90. The van der Waals surface area contributed by atoms with Crippen molar-refractivity contribution in [3.63, 3.8) is 0 Å². The molecule has 0 aliphatic carbocycles. The monoisotopic (exact) mass is 146 g/mol. The lowest BCUT2D eigenvalue weighted by Gasteiger charge is -2.01. The summed E-state index contributed by atoms with van der Waals surface area (Å²) >= 11 is 0. The van der Waals surface area contributed by atoms with E-state index in [-0.39, 0.29) is 12.6 Å². The van der Waals surface area contributed by atoms with Crippen LogP contribution in [0.2, 0.25) is 0 Å². The predicted octanol–water partition coefficient (Wildman–Crippen LogP) is -0.989. The molecule has 10 heavy (non-hydrogen) atoms. The summed E-state index contributed by atoms with van der Waals surface area (Å²) in [5.41, 5.74) is 4.72. The molecule has 5 heteroatoms. The Morgan fingerprint density at radius 3 is 1.50 bits per heavy atom. The highest BCUT2D eigenvalue weighted by Gasteiger charge is 1.88. The van der Waals surface area contributed by atoms with Crippen LogP contribution in [0.15, 0.2) is 0 Å². The van der Waals surface area contributed by atoms with Gasteiger partial charge >= 0.3 is 6.03 Å². The van der Waals surface area contributed by atoms with Crippen LogP contribution in [-0.2, 0) is 9.59 Å². The number of rotatable bonds is 1. The summed E-state index contributed by atoms with van der Waals surface area (Å²) < 4.78 is 0. The topological polar surface area (TPSA) is 80.5 Å². The van der Waals surface area contributed by atoms with Gasteiger partial charge in [0.15, 0.2) is 12.6 Å². The second-order valence-electron chi connectivity index (χ2n) is 1.50. The largest absolute Gasteiger partial charge is 0.352 e. The lowest BCUT2D eigenvalue weighted by molar-refractivity contribution is -0.122. The van der Waals surface area contributed by atoms with Crippen LogP contribution >= 0.6 is 0 Å². The van der Waals surface area contributed by atoms with Gasteiger partial charge in [-0.2, -0.15) is 0 Å². The van der Waals surface area contributed by atoms with Crippen molar-refractivity contribution < 1.29 is 14.4 Å². The summed E-state index contributed by atoms with van der Waals surface area (Å²) in [6, 6.07) is -0.407. The van der Waals surface area contributed by atoms with E-state index in [1.165, 1.54) is 4.90 Å². The van der Waals surface area contributed by atoms with Crippen LogP contribution < -0.4 is 5.73 Å². The molecular weight excluding hydrogens is 136 g/mol. The van der Waals surface area contributed by atoms with Crippen molar-refractivity contribution in [3.8, 4) is 0 Å². The number of amides is 2. The van der Waals surface area contributed by atoms with E-state index in [0.717, 1.165) is 0 Å². The first-order chi connectivity index (χ1) is 4.56. The van der Waals surface area contributed by atoms with Crippen molar-refractivity contribution >= 4 is 18.6 Å². The van der Waals surface area contributed by atoms with Crippen molar-refractivity contribution in [2.45, 2.75) is 0 Å². The number of nitrogens with zero attached hydrogens (tertiary/aromatic N) is 1. The highest BCUT2D eigenvalue weighted by molar-refractivity contribution is 6.09. The van der Waals surface area contributed by atoms with Crippen molar-refractivity contribution in [3.05, 3.63) is 0 Å². The maximum absolute atomic E-state index is 9.85. The highest BCUT2D eigenvalue weighted by Crippen LogP contribution is 1.65. The molecule has 0 bridgehead atoms. The predicted molar refractivity (Wildman–Crippen MR) is 35.4 cm³/mol. The Balaban J connectivity index is 0. The van der Waals surface area contributed by atoms with E-state index in [1.54, 1.807) is 14.1 Å². The van der Waals surface area contributed by atoms with E-state index in [1.807, 2.05) is 0 Å². The molecule has 0 aromatic carbocycles. The fourth-order valence-electron chi connectivity index (χ4n) is 0. The smallest absolute Gasteiger partial charge is 0.314 e. The van der Waals surface area contributed by atoms with E-state index in [0.29, 0.717) is 0 Å². The van der Waals surface area contributed by atoms with Crippen LogP contribution in [0.25, 0.3) is 0 Å². The van der Waals surface area contributed by atoms with Crippen LogP contribution in [0.4, 0.5) is 4.79 Å². The summed E-state index contributed by atoms with van der Waals surface area (Å²) in [4.78, 5) is 28.8. The average molecular weight is 146 g/mol. The molecule has 2 N–H and O–H groups in total. The SMILES string of the molecule is CN(C)C(N)=O.O=CC=O. The van der Waals surface area contributed by atoms with Crippen molar-refractivity contribution in [2.75, 3.05) is 14.1 Å². The highest BCUT2D eigenvalue weighted by atomic mass is 16.2. The second kappa shape index (κ2) is 7.61. The lowest BCUT2D eigenvalue weighted by Crippen LogP contribution is -2.27. The Hall–Kier alpha value is -1.39. The quantitative estimate of drug-likeness (QED) is 0.381. The number of primary amides is 1. The molecule has 0 atom stereocenters. The van der Waals surface area contributed by atoms with Gasteiger partial charge in [0.2, 0.25) is 0 Å². The first-order valence-electron chi connectivity index (χ1n) is 2.42. The van der Waals surface area contributed by atoms with E-state index >= 15 is 0 Å². The maximum atomic E-state index is 9.85. The number of urea groups is 1. The van der Waals surface area contributed by atoms with Crippen LogP contribution in [0, 0.1) is 0 Å². The number of carbonyl (C=O) groups is 3. The van der Waals surface area contributed by atoms with Crippen molar-refractivity contribution in [2.24, 2.45) is 5.73 Å². The fraction of sp³-hybridized carbons (Fsp3) is 0.400. The van der Waals surface area contributed by atoms with Crippen LogP contribution in [0.3, 0.4) is 0 Å². The minimum Gasteiger partial charge on any atom is -0.352 e. The number of hydrogen-bond donors (Lipinski definition) is 1. The Morgan fingerprint density at radius 1 is 1.30 bits per heavy atom. The summed E-state index contributed by atoms with van der Waals surface area (Å²) in [7, 11) is 3.20. The van der Waals surface area contributed by atoms with Gasteiger partial charge in [0, 0.05) is 14.1 Å². The molecule has 0 heterocycles. The Labute approximate surface area is 58.8 Å². The standard InChI is InChI=1S/C3H8N2O.C2H2O2/c1-5(2)3(4)6;3-1-2-4/h1-2H3,(H2,4,6);1-2H. The first-order valence-corrected chi connectivity index (χ1v) is 2.42. The molecule has 2 amide bonds. The number of hydrogen-bond acceptors (Lipinski definition) is 3. The molecule has 58 valence electrons. The van der Waals surface area contributed by atoms with Crippen LogP contribution in [0.5, 0.6) is 0 Å². The summed E-state index contributed by atoms with van der Waals surface area (Å²) in [5.74, 6) is 0. The summed E-state index contributed by atoms with van der Waals surface area (Å²) in [6.45, 7) is 0. The van der Waals surface area contributed by atoms with Crippen LogP contribution in [0.1, 0.15) is 0 Å². The second-order valence-corrected chi connectivity index (χ2v) is 1.50. The zero-order chi connectivity index (χ0) is 8.57. The molecule has 0 spiro atoms. The summed E-state index contributed by atoms with van der Waals surface area (Å²) in [6.07, 6.45) is 0.389. The molecular formula is C5H10N2O3. The fourth-order valence-corrected chi connectivity index (χ4v) is 0. The van der Waals surface area contributed by atoms with Gasteiger partial charge in [0.25, 0.3) is 0 Å². The normalized spacial score (nSPS) is 6.60. The molecule has 0 radical (unpaired) electrons. The molecule has 0 aromatic rings. The Morgan fingerprint density at radius 2 is 1.50 bits per heavy atom. The van der Waals surface area contributed by atoms with Gasteiger partial charge in [0.05, 0.1) is 0 Å². The Bertz CT molecular complexity index is 116. The molecule has 0 aromatic heterocycles. The number of carbonyl (C=O) groups excluding carboxylic acids is 3. The van der Waals surface area contributed by atoms with E-state index in [4.69, 9.17) is 15.3 Å². The van der Waals surface area contributed by atoms with E-state index in [2.05, 4.69) is 0 Å². The van der Waals surface area contributed by atoms with Gasteiger partial charge < -0.3 is 10.6 Å². The third-order valence-electron chi connectivity index (χ3n) is 0.496. The first kappa shape index (κ1) is 11.4. The van der Waals surface area contributed by atoms with Gasteiger partial charge in [-0.3, -0.25) is 9.59 Å². The minimum absolute atomic E-state index is 0.194. The third-order valence-corrected chi connectivity index (χ3v) is 0.496. The van der Waals surface area contributed by atoms with E-state index < -0.39 is 6.03 Å². The van der Waals surface area contributed by atoms with Gasteiger partial charge in [-0.15, -0.1) is 0 Å². The molecule has 0 aliphatic rings. The van der Waals surface area contributed by atoms with Gasteiger partial charge in [0.1, 0.15) is 0 Å². The molecule has 0 fully saturated rings. The lowest BCUT2D eigenvalue weighted by atomic mass is 10.9. The maximum Gasteiger partial charge on any atom is 0.314 e. The molecule has 0 aliphatic heterocycles. The number of aldehydes is 2. The van der Waals surface area contributed by atoms with Crippen molar-refractivity contribution in [1.29, 1.82) is 0 Å². The van der Waals surface area contributed by atoms with Crippen LogP contribution in [-0.4, -0.2) is 37.6 Å². The van der Waals surface area contributed by atoms with Gasteiger partial charge in [-0.05, 0) is 0 Å². The molecule has 5 nitrogen and oxygen atoms in total. The average Bonchev–Trinajstić information content (AvgIpc) is 1.89.